The van der Waals surface area contributed by atoms with Crippen molar-refractivity contribution in [1.82, 2.24) is 19.5 Å². The van der Waals surface area contributed by atoms with E-state index in [4.69, 9.17) is 16.6 Å². The summed E-state index contributed by atoms with van der Waals surface area (Å²) in [5.74, 6) is 0.265. The van der Waals surface area contributed by atoms with E-state index in [9.17, 15) is 17.6 Å². The molecule has 0 fully saturated rings. The third kappa shape index (κ3) is 5.51. The summed E-state index contributed by atoms with van der Waals surface area (Å²) in [6.45, 7) is 4.62. The molecule has 0 saturated carbocycles. The molecule has 0 saturated heterocycles. The number of nitrogens with one attached hydrogen (secondary N) is 2. The molecule has 1 aliphatic heterocycles. The molecule has 5 aromatic rings. The molecule has 2 aromatic carbocycles. The lowest BCUT2D eigenvalue weighted by Gasteiger charge is -2.23. The third-order valence-electron chi connectivity index (χ3n) is 7.33. The zero-order valence-corrected chi connectivity index (χ0v) is 25.0. The number of halogens is 2. The maximum atomic E-state index is 13.9. The second-order valence-corrected chi connectivity index (χ2v) is 12.5. The summed E-state index contributed by atoms with van der Waals surface area (Å²) in [5, 5.41) is 3.37. The van der Waals surface area contributed by atoms with Crippen LogP contribution in [-0.4, -0.2) is 27.9 Å². The van der Waals surface area contributed by atoms with Gasteiger partial charge in [0.05, 0.1) is 22.6 Å². The van der Waals surface area contributed by atoms with Crippen molar-refractivity contribution in [3.8, 4) is 0 Å². The molecule has 0 unspecified atom stereocenters. The Morgan fingerprint density at radius 3 is 2.58 bits per heavy atom. The van der Waals surface area contributed by atoms with Gasteiger partial charge in [-0.3, -0.25) is 14.1 Å². The second kappa shape index (κ2) is 10.9. The Kier molecular flexibility index (Phi) is 7.26. The van der Waals surface area contributed by atoms with Crippen molar-refractivity contribution in [1.29, 1.82) is 0 Å². The van der Waals surface area contributed by atoms with Crippen LogP contribution in [0.2, 0.25) is 5.15 Å². The molecule has 43 heavy (non-hydrogen) atoms. The van der Waals surface area contributed by atoms with E-state index in [2.05, 4.69) is 20.0 Å². The standard InChI is InChI=1S/C30H27ClFN7O3S/c1-17-12-22(18(2)34-24-9-10-25(31)35-28(24)43(41,42)37-26-6-4-5-11-33-26)27-23(13-17)29(40)38(3)30(36-27)39-15-19-7-8-21(32)14-20(19)16-39/h4-14,18,34H,15-16H2,1-3H3,(H,33,37)/t18-/m1/s1. The van der Waals surface area contributed by atoms with E-state index in [0.717, 1.165) is 16.7 Å². The van der Waals surface area contributed by atoms with Crippen LogP contribution in [0.4, 0.5) is 21.8 Å². The minimum Gasteiger partial charge on any atom is -0.376 e. The molecule has 10 nitrogen and oxygen atoms in total. The van der Waals surface area contributed by atoms with Crippen molar-refractivity contribution in [3.63, 3.8) is 0 Å². The van der Waals surface area contributed by atoms with E-state index in [1.165, 1.54) is 41.1 Å². The van der Waals surface area contributed by atoms with Crippen LogP contribution in [0.3, 0.4) is 0 Å². The maximum absolute atomic E-state index is 13.9. The predicted molar refractivity (Wildman–Crippen MR) is 164 cm³/mol. The number of hydrogen-bond donors (Lipinski definition) is 2. The Labute approximate surface area is 252 Å². The van der Waals surface area contributed by atoms with E-state index >= 15 is 0 Å². The van der Waals surface area contributed by atoms with Crippen LogP contribution in [0.1, 0.15) is 35.2 Å². The number of pyridine rings is 2. The van der Waals surface area contributed by atoms with Gasteiger partial charge in [-0.15, -0.1) is 0 Å². The van der Waals surface area contributed by atoms with E-state index in [0.29, 0.717) is 35.5 Å². The lowest BCUT2D eigenvalue weighted by atomic mass is 10.0. The molecule has 2 N–H and O–H groups in total. The second-order valence-electron chi connectivity index (χ2n) is 10.5. The summed E-state index contributed by atoms with van der Waals surface area (Å²) < 4.78 is 44.5. The normalized spacial score (nSPS) is 13.7. The van der Waals surface area contributed by atoms with Crippen LogP contribution >= 0.6 is 11.6 Å². The number of fused-ring (bicyclic) bond motifs is 2. The first-order valence-electron chi connectivity index (χ1n) is 13.4. The average molecular weight is 620 g/mol. The molecule has 220 valence electrons. The first-order chi connectivity index (χ1) is 20.5. The van der Waals surface area contributed by atoms with Gasteiger partial charge in [-0.1, -0.05) is 29.8 Å². The summed E-state index contributed by atoms with van der Waals surface area (Å²) in [4.78, 5) is 28.6. The topological polar surface area (TPSA) is 122 Å². The molecule has 0 aliphatic carbocycles. The molecule has 0 radical (unpaired) electrons. The molecular formula is C30H27ClFN7O3S. The number of nitrogens with zero attached hydrogens (tertiary/aromatic N) is 5. The fraction of sp³-hybridized carbons (Fsp3) is 0.200. The number of rotatable bonds is 7. The smallest absolute Gasteiger partial charge is 0.282 e. The average Bonchev–Trinajstić information content (AvgIpc) is 3.39. The van der Waals surface area contributed by atoms with Crippen LogP contribution < -0.4 is 20.5 Å². The molecule has 1 aliphatic rings. The van der Waals surface area contributed by atoms with Crippen molar-refractivity contribution < 1.29 is 12.8 Å². The fourth-order valence-electron chi connectivity index (χ4n) is 5.31. The van der Waals surface area contributed by atoms with Gasteiger partial charge in [0.2, 0.25) is 11.0 Å². The van der Waals surface area contributed by atoms with Crippen LogP contribution in [-0.2, 0) is 30.2 Å². The predicted octanol–water partition coefficient (Wildman–Crippen LogP) is 5.32. The summed E-state index contributed by atoms with van der Waals surface area (Å²) in [7, 11) is -2.51. The fourth-order valence-corrected chi connectivity index (χ4v) is 6.64. The van der Waals surface area contributed by atoms with Gasteiger partial charge in [0.25, 0.3) is 15.6 Å². The van der Waals surface area contributed by atoms with Gasteiger partial charge in [-0.25, -0.2) is 19.3 Å². The van der Waals surface area contributed by atoms with Gasteiger partial charge in [0.1, 0.15) is 16.8 Å². The Hall–Kier alpha value is -4.55. The summed E-state index contributed by atoms with van der Waals surface area (Å²) in [5.41, 5.74) is 3.79. The highest BCUT2D eigenvalue weighted by Crippen LogP contribution is 2.32. The number of anilines is 3. The number of hydrogen-bond acceptors (Lipinski definition) is 8. The number of sulfonamides is 1. The van der Waals surface area contributed by atoms with Gasteiger partial charge < -0.3 is 10.2 Å². The Morgan fingerprint density at radius 1 is 1.02 bits per heavy atom. The number of aromatic nitrogens is 4. The first kappa shape index (κ1) is 28.6. The molecule has 13 heteroatoms. The molecule has 3 aromatic heterocycles. The highest BCUT2D eigenvalue weighted by Gasteiger charge is 2.27. The SMILES string of the molecule is Cc1cc([C@@H](C)Nc2ccc(Cl)nc2S(=O)(=O)Nc2ccccn2)c2nc(N3Cc4ccc(F)cc4C3)n(C)c(=O)c2c1. The quantitative estimate of drug-likeness (QED) is 0.235. The van der Waals surface area contributed by atoms with Gasteiger partial charge in [-0.05, 0) is 73.0 Å². The lowest BCUT2D eigenvalue weighted by molar-refractivity contribution is 0.597. The van der Waals surface area contributed by atoms with Gasteiger partial charge in [0, 0.05) is 31.9 Å². The Bertz CT molecular complexity index is 2060. The maximum Gasteiger partial charge on any atom is 0.282 e. The monoisotopic (exact) mass is 619 g/mol. The summed E-state index contributed by atoms with van der Waals surface area (Å²) in [6, 6.07) is 15.7. The first-order valence-corrected chi connectivity index (χ1v) is 15.3. The minimum atomic E-state index is -4.18. The molecule has 1 atom stereocenters. The van der Waals surface area contributed by atoms with Crippen LogP contribution in [0.5, 0.6) is 0 Å². The van der Waals surface area contributed by atoms with Gasteiger partial charge in [0.15, 0.2) is 0 Å². The van der Waals surface area contributed by atoms with Crippen molar-refractivity contribution >= 4 is 50.0 Å². The Morgan fingerprint density at radius 2 is 1.81 bits per heavy atom. The van der Waals surface area contributed by atoms with Crippen LogP contribution in [0.25, 0.3) is 10.9 Å². The van der Waals surface area contributed by atoms with Gasteiger partial charge in [-0.2, -0.15) is 8.42 Å². The lowest BCUT2D eigenvalue weighted by Crippen LogP contribution is -2.28. The van der Waals surface area contributed by atoms with E-state index < -0.39 is 16.1 Å². The molecule has 4 heterocycles. The minimum absolute atomic E-state index is 0.00176. The molecule has 0 bridgehead atoms. The van der Waals surface area contributed by atoms with Crippen LogP contribution in [0.15, 0.2) is 76.7 Å². The van der Waals surface area contributed by atoms with Crippen molar-refractivity contribution in [2.75, 3.05) is 14.9 Å². The highest BCUT2D eigenvalue weighted by molar-refractivity contribution is 7.92. The highest BCUT2D eigenvalue weighted by atomic mass is 35.5. The van der Waals surface area contributed by atoms with Crippen molar-refractivity contribution in [2.24, 2.45) is 7.05 Å². The van der Waals surface area contributed by atoms with E-state index in [1.807, 2.05) is 24.8 Å². The molecule has 0 spiro atoms. The van der Waals surface area contributed by atoms with Crippen LogP contribution in [0, 0.1) is 12.7 Å². The number of benzene rings is 2. The largest absolute Gasteiger partial charge is 0.376 e. The van der Waals surface area contributed by atoms with Gasteiger partial charge >= 0.3 is 0 Å². The van der Waals surface area contributed by atoms with Crippen molar-refractivity contribution in [2.45, 2.75) is 38.0 Å². The summed E-state index contributed by atoms with van der Waals surface area (Å²) in [6.07, 6.45) is 1.47. The summed E-state index contributed by atoms with van der Waals surface area (Å²) >= 11 is 6.11. The van der Waals surface area contributed by atoms with E-state index in [1.54, 1.807) is 31.3 Å². The zero-order chi connectivity index (χ0) is 30.5. The third-order valence-corrected chi connectivity index (χ3v) is 8.84. The number of aryl methyl sites for hydroxylation is 1. The zero-order valence-electron chi connectivity index (χ0n) is 23.5. The molecular weight excluding hydrogens is 593 g/mol. The van der Waals surface area contributed by atoms with E-state index in [-0.39, 0.29) is 33.1 Å². The van der Waals surface area contributed by atoms with Crippen molar-refractivity contribution in [3.05, 3.63) is 110 Å². The Balaban J connectivity index is 1.40. The molecule has 0 amide bonds. The molecule has 6 rings (SSSR count).